The molecule has 0 unspecified atom stereocenters. The van der Waals surface area contributed by atoms with E-state index in [2.05, 4.69) is 17.1 Å². The monoisotopic (exact) mass is 572 g/mol. The van der Waals surface area contributed by atoms with Crippen molar-refractivity contribution in [1.82, 2.24) is 14.5 Å². The fraction of sp³-hybridized carbons (Fsp3) is 0.750. The summed E-state index contributed by atoms with van der Waals surface area (Å²) in [6.45, 7) is 13.0. The standard InChI is InChI=1S/C20H36N4O3S2.HI/c1-5-21-20(23-15-12-17(13-16-23)27-8-4)22-14-11-18-9-10-19(28-18)29(25,26)24(6-2)7-3;/h9-10,17H,5-8,11-16H2,1-4H3,(H,21,22);1H. The van der Waals surface area contributed by atoms with Crippen LogP contribution in [0.5, 0.6) is 0 Å². The number of thiophene rings is 1. The number of guanidine groups is 1. The maximum absolute atomic E-state index is 12.6. The first-order valence-electron chi connectivity index (χ1n) is 10.7. The number of piperidine rings is 1. The molecule has 7 nitrogen and oxygen atoms in total. The summed E-state index contributed by atoms with van der Waals surface area (Å²) in [5.74, 6) is 0.940. The van der Waals surface area contributed by atoms with E-state index in [1.54, 1.807) is 6.07 Å². The van der Waals surface area contributed by atoms with E-state index in [1.165, 1.54) is 15.6 Å². The summed E-state index contributed by atoms with van der Waals surface area (Å²) in [7, 11) is -3.37. The SMILES string of the molecule is CCNC(=NCCc1ccc(S(=O)(=O)N(CC)CC)s1)N1CCC(OCC)CC1.I. The molecule has 174 valence electrons. The molecule has 1 N–H and O–H groups in total. The zero-order valence-corrected chi connectivity index (χ0v) is 22.6. The van der Waals surface area contributed by atoms with Crippen LogP contribution in [0.1, 0.15) is 45.4 Å². The molecule has 1 saturated heterocycles. The van der Waals surface area contributed by atoms with Gasteiger partial charge in [0.25, 0.3) is 10.0 Å². The molecule has 0 atom stereocenters. The van der Waals surface area contributed by atoms with Crippen LogP contribution in [0.15, 0.2) is 21.3 Å². The number of rotatable bonds is 10. The highest BCUT2D eigenvalue weighted by Crippen LogP contribution is 2.25. The quantitative estimate of drug-likeness (QED) is 0.264. The van der Waals surface area contributed by atoms with Gasteiger partial charge in [-0.3, -0.25) is 4.99 Å². The summed E-state index contributed by atoms with van der Waals surface area (Å²) in [5.41, 5.74) is 0. The second kappa shape index (κ2) is 13.9. The zero-order valence-electron chi connectivity index (χ0n) is 18.6. The van der Waals surface area contributed by atoms with Crippen LogP contribution < -0.4 is 5.32 Å². The number of sulfonamides is 1. The lowest BCUT2D eigenvalue weighted by molar-refractivity contribution is 0.0264. The van der Waals surface area contributed by atoms with Crippen molar-refractivity contribution in [2.75, 3.05) is 45.9 Å². The minimum Gasteiger partial charge on any atom is -0.378 e. The normalized spacial score (nSPS) is 16.0. The molecule has 1 aromatic rings. The molecule has 1 aromatic heterocycles. The largest absolute Gasteiger partial charge is 0.378 e. The van der Waals surface area contributed by atoms with Crippen molar-refractivity contribution in [3.8, 4) is 0 Å². The lowest BCUT2D eigenvalue weighted by Gasteiger charge is -2.34. The summed E-state index contributed by atoms with van der Waals surface area (Å²) in [4.78, 5) is 8.12. The number of ether oxygens (including phenoxy) is 1. The molecule has 2 rings (SSSR count). The van der Waals surface area contributed by atoms with Crippen molar-refractivity contribution in [2.24, 2.45) is 4.99 Å². The Kier molecular flexibility index (Phi) is 12.8. The average Bonchev–Trinajstić information content (AvgIpc) is 3.19. The Hall–Kier alpha value is -0.430. The highest BCUT2D eigenvalue weighted by molar-refractivity contribution is 14.0. The summed E-state index contributed by atoms with van der Waals surface area (Å²) < 4.78 is 32.9. The Morgan fingerprint density at radius 1 is 1.23 bits per heavy atom. The van der Waals surface area contributed by atoms with Crippen LogP contribution in [-0.2, 0) is 21.2 Å². The van der Waals surface area contributed by atoms with Crippen molar-refractivity contribution in [1.29, 1.82) is 0 Å². The van der Waals surface area contributed by atoms with E-state index < -0.39 is 10.0 Å². The van der Waals surface area contributed by atoms with Gasteiger partial charge in [0, 0.05) is 57.2 Å². The third-order valence-electron chi connectivity index (χ3n) is 5.04. The minimum atomic E-state index is -3.37. The second-order valence-corrected chi connectivity index (χ2v) is 10.3. The van der Waals surface area contributed by atoms with Crippen molar-refractivity contribution >= 4 is 51.3 Å². The second-order valence-electron chi connectivity index (χ2n) is 6.94. The molecule has 1 aliphatic heterocycles. The topological polar surface area (TPSA) is 74.2 Å². The molecule has 0 aromatic carbocycles. The van der Waals surface area contributed by atoms with Gasteiger partial charge in [-0.05, 0) is 38.8 Å². The van der Waals surface area contributed by atoms with Crippen LogP contribution in [0.25, 0.3) is 0 Å². The molecule has 0 radical (unpaired) electrons. The number of hydrogen-bond donors (Lipinski definition) is 1. The summed E-state index contributed by atoms with van der Waals surface area (Å²) >= 11 is 1.36. The van der Waals surface area contributed by atoms with Crippen LogP contribution in [0, 0.1) is 0 Å². The van der Waals surface area contributed by atoms with E-state index >= 15 is 0 Å². The molecule has 1 fully saturated rings. The highest BCUT2D eigenvalue weighted by atomic mass is 127. The van der Waals surface area contributed by atoms with Crippen molar-refractivity contribution in [3.63, 3.8) is 0 Å². The summed E-state index contributed by atoms with van der Waals surface area (Å²) in [6, 6.07) is 3.64. The average molecular weight is 573 g/mol. The predicted molar refractivity (Wildman–Crippen MR) is 136 cm³/mol. The van der Waals surface area contributed by atoms with Crippen LogP contribution in [-0.4, -0.2) is 75.6 Å². The number of halogens is 1. The lowest BCUT2D eigenvalue weighted by atomic mass is 10.1. The Balaban J connectivity index is 0.00000450. The minimum absolute atomic E-state index is 0. The molecular weight excluding hydrogens is 535 g/mol. The van der Waals surface area contributed by atoms with Gasteiger partial charge in [0.2, 0.25) is 0 Å². The van der Waals surface area contributed by atoms with Crippen LogP contribution in [0.3, 0.4) is 0 Å². The first kappa shape index (κ1) is 27.6. The van der Waals surface area contributed by atoms with Crippen molar-refractivity contribution in [2.45, 2.75) is 57.3 Å². The zero-order chi connectivity index (χ0) is 21.3. The van der Waals surface area contributed by atoms with Gasteiger partial charge in [0.05, 0.1) is 6.10 Å². The Morgan fingerprint density at radius 3 is 2.47 bits per heavy atom. The van der Waals surface area contributed by atoms with E-state index in [0.29, 0.717) is 29.9 Å². The first-order valence-corrected chi connectivity index (χ1v) is 13.0. The molecular formula is C20H37IN4O3S2. The van der Waals surface area contributed by atoms with E-state index in [1.807, 2.05) is 26.8 Å². The maximum atomic E-state index is 12.6. The maximum Gasteiger partial charge on any atom is 0.252 e. The molecule has 0 saturated carbocycles. The number of nitrogens with zero attached hydrogens (tertiary/aromatic N) is 3. The molecule has 2 heterocycles. The van der Waals surface area contributed by atoms with E-state index in [0.717, 1.165) is 56.3 Å². The summed E-state index contributed by atoms with van der Waals surface area (Å²) in [5, 5.41) is 3.38. The van der Waals surface area contributed by atoms with Gasteiger partial charge in [-0.25, -0.2) is 8.42 Å². The van der Waals surface area contributed by atoms with Gasteiger partial charge < -0.3 is 15.0 Å². The molecule has 1 aliphatic rings. The van der Waals surface area contributed by atoms with E-state index in [-0.39, 0.29) is 24.0 Å². The van der Waals surface area contributed by atoms with Gasteiger partial charge in [0.1, 0.15) is 4.21 Å². The lowest BCUT2D eigenvalue weighted by Crippen LogP contribution is -2.47. The number of likely N-dealkylation sites (tertiary alicyclic amines) is 1. The fourth-order valence-corrected chi connectivity index (χ4v) is 6.45. The number of aliphatic imine (C=N–C) groups is 1. The number of nitrogens with one attached hydrogen (secondary N) is 1. The van der Waals surface area contributed by atoms with Crippen LogP contribution in [0.2, 0.25) is 0 Å². The van der Waals surface area contributed by atoms with Crippen molar-refractivity contribution in [3.05, 3.63) is 17.0 Å². The van der Waals surface area contributed by atoms with Crippen molar-refractivity contribution < 1.29 is 13.2 Å². The highest BCUT2D eigenvalue weighted by Gasteiger charge is 2.24. The molecule has 0 amide bonds. The fourth-order valence-electron chi connectivity index (χ4n) is 3.49. The molecule has 0 aliphatic carbocycles. The molecule has 0 bridgehead atoms. The molecule has 10 heteroatoms. The predicted octanol–water partition coefficient (Wildman–Crippen LogP) is 3.41. The Bertz CT molecular complexity index is 743. The molecule has 30 heavy (non-hydrogen) atoms. The van der Waals surface area contributed by atoms with Gasteiger partial charge in [0.15, 0.2) is 5.96 Å². The Morgan fingerprint density at radius 2 is 1.90 bits per heavy atom. The third-order valence-corrected chi connectivity index (χ3v) is 8.70. The molecule has 0 spiro atoms. The van der Waals surface area contributed by atoms with Gasteiger partial charge in [-0.15, -0.1) is 35.3 Å². The third kappa shape index (κ3) is 7.61. The van der Waals surface area contributed by atoms with Gasteiger partial charge in [-0.2, -0.15) is 4.31 Å². The van der Waals surface area contributed by atoms with E-state index in [9.17, 15) is 8.42 Å². The smallest absolute Gasteiger partial charge is 0.252 e. The Labute approximate surface area is 203 Å². The van der Waals surface area contributed by atoms with Gasteiger partial charge >= 0.3 is 0 Å². The summed E-state index contributed by atoms with van der Waals surface area (Å²) in [6.07, 6.45) is 3.14. The van der Waals surface area contributed by atoms with Crippen LogP contribution >= 0.6 is 35.3 Å². The van der Waals surface area contributed by atoms with Crippen LogP contribution in [0.4, 0.5) is 0 Å². The number of hydrogen-bond acceptors (Lipinski definition) is 5. The van der Waals surface area contributed by atoms with Gasteiger partial charge in [-0.1, -0.05) is 13.8 Å². The first-order chi connectivity index (χ1) is 14.0. The van der Waals surface area contributed by atoms with E-state index in [4.69, 9.17) is 9.73 Å².